The van der Waals surface area contributed by atoms with Crippen molar-refractivity contribution in [2.45, 2.75) is 24.7 Å². The Morgan fingerprint density at radius 1 is 0.964 bits per heavy atom. The van der Waals surface area contributed by atoms with Crippen molar-refractivity contribution in [2.75, 3.05) is 28.2 Å². The molecule has 152 valence electrons. The Morgan fingerprint density at radius 3 is 2.18 bits per heavy atom. The molecule has 0 atom stereocenters. The minimum atomic E-state index is -3.90. The van der Waals surface area contributed by atoms with Crippen LogP contribution in [0.2, 0.25) is 0 Å². The first-order chi connectivity index (χ1) is 13.1. The van der Waals surface area contributed by atoms with Crippen LogP contribution in [-0.2, 0) is 24.7 Å². The van der Waals surface area contributed by atoms with Crippen LogP contribution in [-0.4, -0.2) is 41.3 Å². The van der Waals surface area contributed by atoms with Gasteiger partial charge in [-0.1, -0.05) is 30.3 Å². The van der Waals surface area contributed by atoms with Gasteiger partial charge in [0.25, 0.3) is 10.0 Å². The number of nitrogens with zero attached hydrogens (tertiary/aromatic N) is 1. The van der Waals surface area contributed by atoms with Crippen LogP contribution in [0.25, 0.3) is 0 Å². The predicted molar refractivity (Wildman–Crippen MR) is 111 cm³/mol. The average Bonchev–Trinajstić information content (AvgIpc) is 2.62. The number of benzene rings is 2. The van der Waals surface area contributed by atoms with E-state index in [4.69, 9.17) is 0 Å². The van der Waals surface area contributed by atoms with E-state index in [0.29, 0.717) is 5.69 Å². The molecule has 0 aliphatic heterocycles. The summed E-state index contributed by atoms with van der Waals surface area (Å²) in [6.45, 7) is 1.96. The van der Waals surface area contributed by atoms with Gasteiger partial charge in [-0.05, 0) is 37.6 Å². The molecule has 0 saturated carbocycles. The highest BCUT2D eigenvalue weighted by Gasteiger charge is 2.26. The molecular formula is C19H24N2O5S2. The Morgan fingerprint density at radius 2 is 1.57 bits per heavy atom. The maximum absolute atomic E-state index is 13.2. The Labute approximate surface area is 166 Å². The highest BCUT2D eigenvalue weighted by molar-refractivity contribution is 7.93. The van der Waals surface area contributed by atoms with Crippen LogP contribution in [0.5, 0.6) is 0 Å². The van der Waals surface area contributed by atoms with Crippen LogP contribution in [0.1, 0.15) is 19.8 Å². The summed E-state index contributed by atoms with van der Waals surface area (Å²) in [5.74, 6) is -0.535. The SMILES string of the molecule is CCN(c1ccccc1)S(=O)(=O)c1ccccc1NC(=O)CCCS(C)(=O)=O. The fourth-order valence-electron chi connectivity index (χ4n) is 2.71. The molecule has 0 aromatic heterocycles. The predicted octanol–water partition coefficient (Wildman–Crippen LogP) is 2.67. The molecule has 0 heterocycles. The lowest BCUT2D eigenvalue weighted by molar-refractivity contribution is -0.116. The van der Waals surface area contributed by atoms with E-state index < -0.39 is 25.8 Å². The summed E-state index contributed by atoms with van der Waals surface area (Å²) in [6.07, 6.45) is 1.26. The smallest absolute Gasteiger partial charge is 0.266 e. The van der Waals surface area contributed by atoms with Gasteiger partial charge in [-0.3, -0.25) is 9.10 Å². The van der Waals surface area contributed by atoms with E-state index in [-0.39, 0.29) is 35.7 Å². The topological polar surface area (TPSA) is 101 Å². The number of sulfone groups is 1. The molecule has 0 aliphatic carbocycles. The Bertz CT molecular complexity index is 1020. The fraction of sp³-hybridized carbons (Fsp3) is 0.316. The van der Waals surface area contributed by atoms with Gasteiger partial charge in [-0.2, -0.15) is 0 Å². The third-order valence-corrected chi connectivity index (χ3v) is 6.97. The molecule has 9 heteroatoms. The van der Waals surface area contributed by atoms with Crippen molar-refractivity contribution in [3.8, 4) is 0 Å². The summed E-state index contributed by atoms with van der Waals surface area (Å²) >= 11 is 0. The number of carbonyl (C=O) groups excluding carboxylic acids is 1. The van der Waals surface area contributed by atoms with Gasteiger partial charge < -0.3 is 5.32 Å². The van der Waals surface area contributed by atoms with Gasteiger partial charge in [-0.25, -0.2) is 16.8 Å². The average molecular weight is 425 g/mol. The summed E-state index contributed by atoms with van der Waals surface area (Å²) < 4.78 is 50.0. The van der Waals surface area contributed by atoms with E-state index in [1.807, 2.05) is 0 Å². The van der Waals surface area contributed by atoms with E-state index in [2.05, 4.69) is 5.32 Å². The van der Waals surface area contributed by atoms with Crippen molar-refractivity contribution in [3.05, 3.63) is 54.6 Å². The van der Waals surface area contributed by atoms with Gasteiger partial charge in [0.1, 0.15) is 14.7 Å². The Kier molecular flexibility index (Phi) is 7.20. The van der Waals surface area contributed by atoms with Gasteiger partial charge in [-0.15, -0.1) is 0 Å². The molecular weight excluding hydrogens is 400 g/mol. The fourth-order valence-corrected chi connectivity index (χ4v) is 5.00. The van der Waals surface area contributed by atoms with Crippen molar-refractivity contribution < 1.29 is 21.6 Å². The van der Waals surface area contributed by atoms with Gasteiger partial charge in [0, 0.05) is 19.2 Å². The molecule has 0 saturated heterocycles. The maximum atomic E-state index is 13.2. The first-order valence-electron chi connectivity index (χ1n) is 8.79. The van der Waals surface area contributed by atoms with Gasteiger partial charge in [0.15, 0.2) is 0 Å². The zero-order valence-electron chi connectivity index (χ0n) is 15.8. The number of anilines is 2. The highest BCUT2D eigenvalue weighted by Crippen LogP contribution is 2.28. The molecule has 2 aromatic rings. The second kappa shape index (κ2) is 9.20. The standard InChI is InChI=1S/C19H24N2O5S2/c1-3-21(16-10-5-4-6-11-16)28(25,26)18-13-8-7-12-17(18)20-19(22)14-9-15-27(2,23)24/h4-8,10-13H,3,9,14-15H2,1-2H3,(H,20,22). The molecule has 0 radical (unpaired) electrons. The van der Waals surface area contributed by atoms with Crippen molar-refractivity contribution in [1.82, 2.24) is 0 Å². The van der Waals surface area contributed by atoms with E-state index >= 15 is 0 Å². The Balaban J connectivity index is 2.26. The lowest BCUT2D eigenvalue weighted by Gasteiger charge is -2.24. The molecule has 0 fully saturated rings. The van der Waals surface area contributed by atoms with Gasteiger partial charge >= 0.3 is 0 Å². The molecule has 28 heavy (non-hydrogen) atoms. The summed E-state index contributed by atoms with van der Waals surface area (Å²) in [7, 11) is -7.05. The van der Waals surface area contributed by atoms with Crippen molar-refractivity contribution in [3.63, 3.8) is 0 Å². The number of hydrogen-bond acceptors (Lipinski definition) is 5. The molecule has 0 aliphatic rings. The number of amides is 1. The van der Waals surface area contributed by atoms with Crippen LogP contribution >= 0.6 is 0 Å². The second-order valence-corrected chi connectivity index (χ2v) is 10.4. The number of hydrogen-bond donors (Lipinski definition) is 1. The molecule has 0 unspecified atom stereocenters. The van der Waals surface area contributed by atoms with E-state index in [1.54, 1.807) is 49.4 Å². The molecule has 0 spiro atoms. The van der Waals surface area contributed by atoms with Crippen molar-refractivity contribution in [1.29, 1.82) is 0 Å². The summed E-state index contributed by atoms with van der Waals surface area (Å²) in [4.78, 5) is 12.2. The maximum Gasteiger partial charge on any atom is 0.266 e. The molecule has 2 aromatic carbocycles. The summed E-state index contributed by atoms with van der Waals surface area (Å²) in [6, 6.07) is 14.9. The van der Waals surface area contributed by atoms with Crippen LogP contribution in [0.4, 0.5) is 11.4 Å². The molecule has 0 bridgehead atoms. The third-order valence-electron chi connectivity index (χ3n) is 3.98. The quantitative estimate of drug-likeness (QED) is 0.667. The lowest BCUT2D eigenvalue weighted by Crippen LogP contribution is -2.31. The van der Waals surface area contributed by atoms with E-state index in [0.717, 1.165) is 6.26 Å². The summed E-state index contributed by atoms with van der Waals surface area (Å²) in [5.41, 5.74) is 0.695. The first kappa shape index (κ1) is 21.9. The number of para-hydroxylation sites is 2. The van der Waals surface area contributed by atoms with Crippen molar-refractivity contribution in [2.24, 2.45) is 0 Å². The van der Waals surface area contributed by atoms with Crippen LogP contribution in [0.15, 0.2) is 59.5 Å². The Hall–Kier alpha value is -2.39. The van der Waals surface area contributed by atoms with Crippen molar-refractivity contribution >= 4 is 37.1 Å². The zero-order chi connectivity index (χ0) is 20.8. The molecule has 2 rings (SSSR count). The van der Waals surface area contributed by atoms with E-state index in [1.165, 1.54) is 16.4 Å². The third kappa shape index (κ3) is 5.80. The minimum absolute atomic E-state index is 0.0162. The van der Waals surface area contributed by atoms with E-state index in [9.17, 15) is 21.6 Å². The lowest BCUT2D eigenvalue weighted by atomic mass is 10.3. The van der Waals surface area contributed by atoms with Gasteiger partial charge in [0.05, 0.1) is 17.1 Å². The number of carbonyl (C=O) groups is 1. The minimum Gasteiger partial charge on any atom is -0.325 e. The number of nitrogens with one attached hydrogen (secondary N) is 1. The molecule has 1 N–H and O–H groups in total. The monoisotopic (exact) mass is 424 g/mol. The first-order valence-corrected chi connectivity index (χ1v) is 12.3. The molecule has 1 amide bonds. The van der Waals surface area contributed by atoms with Crippen LogP contribution in [0, 0.1) is 0 Å². The second-order valence-electron chi connectivity index (χ2n) is 6.28. The molecule has 7 nitrogen and oxygen atoms in total. The normalized spacial score (nSPS) is 11.8. The summed E-state index contributed by atoms with van der Waals surface area (Å²) in [5, 5.41) is 2.59. The van der Waals surface area contributed by atoms with Crippen LogP contribution < -0.4 is 9.62 Å². The van der Waals surface area contributed by atoms with Gasteiger partial charge in [0.2, 0.25) is 5.91 Å². The zero-order valence-corrected chi connectivity index (χ0v) is 17.5. The van der Waals surface area contributed by atoms with Crippen LogP contribution in [0.3, 0.4) is 0 Å². The number of rotatable bonds is 9. The largest absolute Gasteiger partial charge is 0.325 e. The highest BCUT2D eigenvalue weighted by atomic mass is 32.2. The number of sulfonamides is 1.